The van der Waals surface area contributed by atoms with E-state index in [2.05, 4.69) is 5.32 Å². The topological polar surface area (TPSA) is 122 Å². The molecule has 0 unspecified atom stereocenters. The number of hydrogen-bond donors (Lipinski definition) is 3. The zero-order valence-corrected chi connectivity index (χ0v) is 22.1. The highest BCUT2D eigenvalue weighted by Gasteiger charge is 2.25. The zero-order chi connectivity index (χ0) is 28.9. The van der Waals surface area contributed by atoms with Gasteiger partial charge in [0.2, 0.25) is 0 Å². The highest BCUT2D eigenvalue weighted by atomic mass is 35.5. The van der Waals surface area contributed by atoms with Gasteiger partial charge in [-0.25, -0.2) is 18.4 Å². The Hall–Kier alpha value is -3.89. The smallest absolute Gasteiger partial charge is 0.335 e. The number of benzene rings is 3. The summed E-state index contributed by atoms with van der Waals surface area (Å²) in [6.45, 7) is 0. The van der Waals surface area contributed by atoms with Crippen molar-refractivity contribution >= 4 is 41.0 Å². The number of alkyl halides is 2. The van der Waals surface area contributed by atoms with E-state index in [0.29, 0.717) is 11.1 Å². The standard InChI is InChI=1S/C27H23Cl2F2NO7/c1-38-20-11-15(24(30)31)12-21(39-2)22(20)14-6-3-13(4-7-14)5-8-19(27(36)37)32-25(33)23-17(28)9-16(26(34)35)10-18(23)29/h3-4,6-7,9-12,19,24H,5,8H2,1-2H3,(H,32,33)(H,34,35)(H,36,37)/t19-/m0/s1. The number of hydrogen-bond acceptors (Lipinski definition) is 5. The Kier molecular flexibility index (Phi) is 9.71. The number of carbonyl (C=O) groups is 3. The Morgan fingerprint density at radius 1 is 0.923 bits per heavy atom. The van der Waals surface area contributed by atoms with Crippen molar-refractivity contribution in [3.05, 3.63) is 80.8 Å². The number of halogens is 4. The van der Waals surface area contributed by atoms with Crippen LogP contribution in [-0.2, 0) is 11.2 Å². The predicted molar refractivity (Wildman–Crippen MR) is 141 cm³/mol. The molecule has 0 spiro atoms. The molecule has 0 aliphatic heterocycles. The molecule has 0 saturated heterocycles. The van der Waals surface area contributed by atoms with Crippen LogP contribution in [0.3, 0.4) is 0 Å². The normalized spacial score (nSPS) is 11.7. The van der Waals surface area contributed by atoms with Crippen LogP contribution in [0.15, 0.2) is 48.5 Å². The van der Waals surface area contributed by atoms with E-state index in [1.807, 2.05) is 0 Å². The van der Waals surface area contributed by atoms with E-state index < -0.39 is 30.3 Å². The van der Waals surface area contributed by atoms with Gasteiger partial charge in [0.15, 0.2) is 0 Å². The Balaban J connectivity index is 1.77. The molecule has 0 aromatic heterocycles. The van der Waals surface area contributed by atoms with Gasteiger partial charge in [0.1, 0.15) is 17.5 Å². The molecule has 0 saturated carbocycles. The molecule has 0 heterocycles. The van der Waals surface area contributed by atoms with Crippen LogP contribution in [0.1, 0.15) is 44.7 Å². The number of amides is 1. The van der Waals surface area contributed by atoms with E-state index in [9.17, 15) is 28.3 Å². The Morgan fingerprint density at radius 3 is 1.90 bits per heavy atom. The van der Waals surface area contributed by atoms with E-state index >= 15 is 0 Å². The van der Waals surface area contributed by atoms with E-state index in [1.54, 1.807) is 24.3 Å². The average Bonchev–Trinajstić information content (AvgIpc) is 2.89. The summed E-state index contributed by atoms with van der Waals surface area (Å²) < 4.78 is 37.1. The largest absolute Gasteiger partial charge is 0.496 e. The quantitative estimate of drug-likeness (QED) is 0.249. The maximum Gasteiger partial charge on any atom is 0.335 e. The van der Waals surface area contributed by atoms with Crippen molar-refractivity contribution in [3.8, 4) is 22.6 Å². The summed E-state index contributed by atoms with van der Waals surface area (Å²) in [4.78, 5) is 35.7. The summed E-state index contributed by atoms with van der Waals surface area (Å²) in [6.07, 6.45) is -2.43. The molecule has 0 aliphatic rings. The van der Waals surface area contributed by atoms with Crippen molar-refractivity contribution < 1.29 is 42.9 Å². The molecule has 3 aromatic carbocycles. The van der Waals surface area contributed by atoms with E-state index in [-0.39, 0.29) is 51.1 Å². The summed E-state index contributed by atoms with van der Waals surface area (Å²) in [6, 6.07) is 10.2. The lowest BCUT2D eigenvalue weighted by molar-refractivity contribution is -0.139. The van der Waals surface area contributed by atoms with E-state index in [1.165, 1.54) is 26.4 Å². The third kappa shape index (κ3) is 6.96. The van der Waals surface area contributed by atoms with Gasteiger partial charge in [-0.1, -0.05) is 47.5 Å². The molecular formula is C27H23Cl2F2NO7. The first-order chi connectivity index (χ1) is 18.5. The molecule has 12 heteroatoms. The number of methoxy groups -OCH3 is 2. The number of rotatable bonds is 11. The molecule has 0 radical (unpaired) electrons. The molecule has 3 aromatic rings. The summed E-state index contributed by atoms with van der Waals surface area (Å²) in [5, 5.41) is 20.6. The number of carboxylic acid groups (broad SMARTS) is 2. The first kappa shape index (κ1) is 29.7. The number of aromatic carboxylic acids is 1. The SMILES string of the molecule is COc1cc(C(F)F)cc(OC)c1-c1ccc(CC[C@H](NC(=O)c2c(Cl)cc(C(=O)O)cc2Cl)C(=O)O)cc1. The number of carboxylic acids is 2. The van der Waals surface area contributed by atoms with Crippen LogP contribution < -0.4 is 14.8 Å². The van der Waals surface area contributed by atoms with Crippen LogP contribution in [0, 0.1) is 0 Å². The Labute approximate surface area is 232 Å². The molecule has 8 nitrogen and oxygen atoms in total. The maximum atomic E-state index is 13.2. The van der Waals surface area contributed by atoms with Crippen molar-refractivity contribution in [2.45, 2.75) is 25.3 Å². The van der Waals surface area contributed by atoms with Crippen LogP contribution in [0.5, 0.6) is 11.5 Å². The second kappa shape index (κ2) is 12.8. The van der Waals surface area contributed by atoms with Crippen LogP contribution in [0.4, 0.5) is 8.78 Å². The lowest BCUT2D eigenvalue weighted by atomic mass is 9.98. The molecule has 1 amide bonds. The molecule has 0 aliphatic carbocycles. The van der Waals surface area contributed by atoms with Gasteiger partial charge in [-0.3, -0.25) is 4.79 Å². The van der Waals surface area contributed by atoms with Gasteiger partial charge in [0, 0.05) is 5.56 Å². The van der Waals surface area contributed by atoms with Crippen molar-refractivity contribution in [1.29, 1.82) is 0 Å². The van der Waals surface area contributed by atoms with Gasteiger partial charge >= 0.3 is 11.9 Å². The average molecular weight is 582 g/mol. The van der Waals surface area contributed by atoms with Gasteiger partial charge in [-0.05, 0) is 48.2 Å². The zero-order valence-electron chi connectivity index (χ0n) is 20.6. The first-order valence-corrected chi connectivity index (χ1v) is 12.1. The number of aliphatic carboxylic acids is 1. The number of aryl methyl sites for hydroxylation is 1. The second-order valence-electron chi connectivity index (χ2n) is 8.32. The van der Waals surface area contributed by atoms with Crippen molar-refractivity contribution in [2.24, 2.45) is 0 Å². The minimum absolute atomic E-state index is 0.0125. The van der Waals surface area contributed by atoms with Gasteiger partial charge < -0.3 is 25.0 Å². The fraction of sp³-hybridized carbons (Fsp3) is 0.222. The van der Waals surface area contributed by atoms with Crippen molar-refractivity contribution in [1.82, 2.24) is 5.32 Å². The molecule has 206 valence electrons. The van der Waals surface area contributed by atoms with Crippen LogP contribution in [0.2, 0.25) is 10.0 Å². The van der Waals surface area contributed by atoms with E-state index in [4.69, 9.17) is 37.8 Å². The minimum Gasteiger partial charge on any atom is -0.496 e. The van der Waals surface area contributed by atoms with Crippen LogP contribution >= 0.6 is 23.2 Å². The molecule has 3 N–H and O–H groups in total. The highest BCUT2D eigenvalue weighted by molar-refractivity contribution is 6.40. The van der Waals surface area contributed by atoms with Crippen LogP contribution in [-0.4, -0.2) is 48.3 Å². The summed E-state index contributed by atoms with van der Waals surface area (Å²) in [7, 11) is 2.73. The third-order valence-corrected chi connectivity index (χ3v) is 6.46. The lowest BCUT2D eigenvalue weighted by Crippen LogP contribution is -2.41. The molecule has 1 atom stereocenters. The van der Waals surface area contributed by atoms with Crippen LogP contribution in [0.25, 0.3) is 11.1 Å². The summed E-state index contributed by atoms with van der Waals surface area (Å²) in [5.41, 5.74) is 1.15. The fourth-order valence-electron chi connectivity index (χ4n) is 3.89. The minimum atomic E-state index is -2.71. The third-order valence-electron chi connectivity index (χ3n) is 5.86. The molecular weight excluding hydrogens is 559 g/mol. The number of ether oxygens (including phenoxy) is 2. The number of carbonyl (C=O) groups excluding carboxylic acids is 1. The van der Waals surface area contributed by atoms with Crippen molar-refractivity contribution in [2.75, 3.05) is 14.2 Å². The lowest BCUT2D eigenvalue weighted by Gasteiger charge is -2.17. The van der Waals surface area contributed by atoms with Gasteiger partial charge in [0.25, 0.3) is 12.3 Å². The van der Waals surface area contributed by atoms with Gasteiger partial charge in [-0.2, -0.15) is 0 Å². The summed E-state index contributed by atoms with van der Waals surface area (Å²) in [5.74, 6) is -3.03. The molecule has 0 fully saturated rings. The predicted octanol–water partition coefficient (Wildman–Crippen LogP) is 6.13. The monoisotopic (exact) mass is 581 g/mol. The molecule has 3 rings (SSSR count). The summed E-state index contributed by atoms with van der Waals surface area (Å²) >= 11 is 12.1. The number of nitrogens with one attached hydrogen (secondary N) is 1. The van der Waals surface area contributed by atoms with E-state index in [0.717, 1.165) is 17.7 Å². The fourth-order valence-corrected chi connectivity index (χ4v) is 4.55. The second-order valence-corrected chi connectivity index (χ2v) is 9.14. The van der Waals surface area contributed by atoms with Gasteiger partial charge in [0.05, 0.1) is 41.0 Å². The molecule has 0 bridgehead atoms. The van der Waals surface area contributed by atoms with Crippen molar-refractivity contribution in [3.63, 3.8) is 0 Å². The highest BCUT2D eigenvalue weighted by Crippen LogP contribution is 2.41. The Bertz CT molecular complexity index is 1350. The maximum absolute atomic E-state index is 13.2. The Morgan fingerprint density at radius 2 is 1.46 bits per heavy atom. The van der Waals surface area contributed by atoms with Gasteiger partial charge in [-0.15, -0.1) is 0 Å². The first-order valence-electron chi connectivity index (χ1n) is 11.4. The molecule has 39 heavy (non-hydrogen) atoms.